The molecule has 1 saturated heterocycles. The molecule has 6 nitrogen and oxygen atoms in total. The molecule has 0 saturated carbocycles. The van der Waals surface area contributed by atoms with Crippen molar-refractivity contribution in [1.82, 2.24) is 15.2 Å². The molecule has 0 atom stereocenters. The van der Waals surface area contributed by atoms with Crippen molar-refractivity contribution < 1.29 is 9.53 Å². The Kier molecular flexibility index (Phi) is 7.83. The van der Waals surface area contributed by atoms with E-state index in [9.17, 15) is 4.79 Å². The van der Waals surface area contributed by atoms with Crippen molar-refractivity contribution in [3.63, 3.8) is 0 Å². The van der Waals surface area contributed by atoms with Gasteiger partial charge in [0.1, 0.15) is 5.75 Å². The fourth-order valence-corrected chi connectivity index (χ4v) is 5.34. The van der Waals surface area contributed by atoms with Gasteiger partial charge in [0, 0.05) is 44.8 Å². The van der Waals surface area contributed by atoms with E-state index in [1.165, 1.54) is 15.8 Å². The van der Waals surface area contributed by atoms with E-state index in [1.807, 2.05) is 24.3 Å². The number of nitrogens with one attached hydrogen (secondary N) is 1. The van der Waals surface area contributed by atoms with Crippen molar-refractivity contribution in [1.29, 1.82) is 0 Å². The van der Waals surface area contributed by atoms with Crippen LogP contribution in [0.3, 0.4) is 0 Å². The molecule has 1 fully saturated rings. The number of unbranched alkanes of at least 4 members (excludes halogenated alkanes) is 1. The van der Waals surface area contributed by atoms with Crippen LogP contribution >= 0.6 is 11.3 Å². The zero-order valence-corrected chi connectivity index (χ0v) is 20.7. The van der Waals surface area contributed by atoms with Gasteiger partial charge in [0.05, 0.1) is 16.8 Å². The SMILES string of the molecule is CCCCOc1cccc(C(=O)NCCN2CCN(c3nc4c(C)cc(C)cc4s3)CC2)c1. The Labute approximate surface area is 200 Å². The van der Waals surface area contributed by atoms with Crippen LogP contribution in [0.15, 0.2) is 36.4 Å². The largest absolute Gasteiger partial charge is 0.494 e. The molecule has 1 aromatic heterocycles. The maximum atomic E-state index is 12.5. The van der Waals surface area contributed by atoms with Crippen molar-refractivity contribution in [2.75, 3.05) is 50.8 Å². The molecule has 0 aliphatic carbocycles. The summed E-state index contributed by atoms with van der Waals surface area (Å²) in [6.45, 7) is 12.5. The molecule has 1 aliphatic rings. The molecule has 3 aromatic rings. The van der Waals surface area contributed by atoms with Crippen LogP contribution in [-0.4, -0.2) is 61.7 Å². The number of carbonyl (C=O) groups excluding carboxylic acids is 1. The second-order valence-corrected chi connectivity index (χ2v) is 9.75. The first kappa shape index (κ1) is 23.5. The molecule has 2 aromatic carbocycles. The molecule has 0 bridgehead atoms. The summed E-state index contributed by atoms with van der Waals surface area (Å²) in [5, 5.41) is 4.17. The van der Waals surface area contributed by atoms with Gasteiger partial charge < -0.3 is 15.0 Å². The molecular weight excluding hydrogens is 432 g/mol. The number of piperazine rings is 1. The van der Waals surface area contributed by atoms with Gasteiger partial charge in [-0.3, -0.25) is 9.69 Å². The summed E-state index contributed by atoms with van der Waals surface area (Å²) >= 11 is 1.79. The number of aryl methyl sites for hydroxylation is 2. The van der Waals surface area contributed by atoms with Crippen molar-refractivity contribution in [3.8, 4) is 5.75 Å². The fraction of sp³-hybridized carbons (Fsp3) is 0.462. The number of aromatic nitrogens is 1. The normalized spacial score (nSPS) is 14.6. The highest BCUT2D eigenvalue weighted by molar-refractivity contribution is 7.22. The zero-order chi connectivity index (χ0) is 23.2. The van der Waals surface area contributed by atoms with Gasteiger partial charge in [0.2, 0.25) is 0 Å². The number of ether oxygens (including phenoxy) is 1. The fourth-order valence-electron chi connectivity index (χ4n) is 4.15. The van der Waals surface area contributed by atoms with Crippen molar-refractivity contribution in [3.05, 3.63) is 53.1 Å². The first-order valence-electron chi connectivity index (χ1n) is 11.9. The number of amides is 1. The van der Waals surface area contributed by atoms with Crippen LogP contribution in [0.1, 0.15) is 41.3 Å². The summed E-state index contributed by atoms with van der Waals surface area (Å²) in [4.78, 5) is 22.2. The number of hydrogen-bond donors (Lipinski definition) is 1. The summed E-state index contributed by atoms with van der Waals surface area (Å²) in [5.74, 6) is 0.710. The average Bonchev–Trinajstić information content (AvgIpc) is 3.24. The van der Waals surface area contributed by atoms with Gasteiger partial charge in [0.15, 0.2) is 5.13 Å². The zero-order valence-electron chi connectivity index (χ0n) is 19.9. The number of rotatable bonds is 9. The second-order valence-electron chi connectivity index (χ2n) is 8.74. The Morgan fingerprint density at radius 3 is 2.76 bits per heavy atom. The van der Waals surface area contributed by atoms with Gasteiger partial charge >= 0.3 is 0 Å². The minimum atomic E-state index is -0.0466. The van der Waals surface area contributed by atoms with Crippen LogP contribution in [0.25, 0.3) is 10.2 Å². The van der Waals surface area contributed by atoms with E-state index in [-0.39, 0.29) is 5.91 Å². The number of carbonyl (C=O) groups is 1. The summed E-state index contributed by atoms with van der Waals surface area (Å²) in [5.41, 5.74) is 4.32. The lowest BCUT2D eigenvalue weighted by Crippen LogP contribution is -2.48. The van der Waals surface area contributed by atoms with Gasteiger partial charge in [-0.25, -0.2) is 4.98 Å². The predicted octanol–water partition coefficient (Wildman–Crippen LogP) is 4.64. The maximum absolute atomic E-state index is 12.5. The van der Waals surface area contributed by atoms with Crippen LogP contribution in [0.2, 0.25) is 0 Å². The molecule has 176 valence electrons. The highest BCUT2D eigenvalue weighted by atomic mass is 32.1. The van der Waals surface area contributed by atoms with E-state index in [2.05, 4.69) is 48.0 Å². The van der Waals surface area contributed by atoms with E-state index in [1.54, 1.807) is 11.3 Å². The maximum Gasteiger partial charge on any atom is 0.251 e. The van der Waals surface area contributed by atoms with Gasteiger partial charge in [0.25, 0.3) is 5.91 Å². The third-order valence-corrected chi connectivity index (χ3v) is 7.10. The first-order chi connectivity index (χ1) is 16.0. The molecule has 2 heterocycles. The van der Waals surface area contributed by atoms with E-state index in [4.69, 9.17) is 9.72 Å². The summed E-state index contributed by atoms with van der Waals surface area (Å²) in [6, 6.07) is 11.9. The molecule has 33 heavy (non-hydrogen) atoms. The minimum absolute atomic E-state index is 0.0466. The molecule has 0 radical (unpaired) electrons. The molecular formula is C26H34N4O2S. The number of nitrogens with zero attached hydrogens (tertiary/aromatic N) is 3. The predicted molar refractivity (Wildman–Crippen MR) is 137 cm³/mol. The third kappa shape index (κ3) is 6.03. The van der Waals surface area contributed by atoms with Crippen molar-refractivity contribution in [2.45, 2.75) is 33.6 Å². The molecule has 1 N–H and O–H groups in total. The van der Waals surface area contributed by atoms with E-state index in [0.29, 0.717) is 18.7 Å². The lowest BCUT2D eigenvalue weighted by molar-refractivity contribution is 0.0947. The van der Waals surface area contributed by atoms with E-state index < -0.39 is 0 Å². The van der Waals surface area contributed by atoms with Crippen molar-refractivity contribution in [2.24, 2.45) is 0 Å². The molecule has 0 spiro atoms. The van der Waals surface area contributed by atoms with Gasteiger partial charge in [-0.2, -0.15) is 0 Å². The quantitative estimate of drug-likeness (QED) is 0.466. The Morgan fingerprint density at radius 2 is 1.97 bits per heavy atom. The molecule has 4 rings (SSSR count). The lowest BCUT2D eigenvalue weighted by atomic mass is 10.1. The average molecular weight is 467 g/mol. The second kappa shape index (κ2) is 11.0. The molecule has 1 aliphatic heterocycles. The van der Waals surface area contributed by atoms with Crippen LogP contribution in [-0.2, 0) is 0 Å². The summed E-state index contributed by atoms with van der Waals surface area (Å²) < 4.78 is 6.99. The minimum Gasteiger partial charge on any atom is -0.494 e. The summed E-state index contributed by atoms with van der Waals surface area (Å²) in [7, 11) is 0. The Hall–Kier alpha value is -2.64. The number of thiazole rings is 1. The van der Waals surface area contributed by atoms with Crippen molar-refractivity contribution >= 4 is 32.6 Å². The summed E-state index contributed by atoms with van der Waals surface area (Å²) in [6.07, 6.45) is 2.11. The van der Waals surface area contributed by atoms with Crippen LogP contribution < -0.4 is 15.0 Å². The molecule has 0 unspecified atom stereocenters. The van der Waals surface area contributed by atoms with Crippen LogP contribution in [0, 0.1) is 13.8 Å². The highest BCUT2D eigenvalue weighted by Gasteiger charge is 2.20. The monoisotopic (exact) mass is 466 g/mol. The smallest absolute Gasteiger partial charge is 0.251 e. The van der Waals surface area contributed by atoms with E-state index >= 15 is 0 Å². The highest BCUT2D eigenvalue weighted by Crippen LogP contribution is 2.32. The molecule has 7 heteroatoms. The lowest BCUT2D eigenvalue weighted by Gasteiger charge is -2.34. The Bertz CT molecular complexity index is 1090. The number of hydrogen-bond acceptors (Lipinski definition) is 6. The number of benzene rings is 2. The molecule has 1 amide bonds. The number of fused-ring (bicyclic) bond motifs is 1. The van der Waals surface area contributed by atoms with Gasteiger partial charge in [-0.05, 0) is 55.7 Å². The third-order valence-electron chi connectivity index (χ3n) is 6.04. The standard InChI is InChI=1S/C26H34N4O2S/c1-4-5-15-32-22-8-6-7-21(18-22)25(31)27-9-10-29-11-13-30(14-12-29)26-28-24-20(3)16-19(2)17-23(24)33-26/h6-8,16-18H,4-5,9-15H2,1-3H3,(H,27,31). The van der Waals surface area contributed by atoms with Crippen LogP contribution in [0.4, 0.5) is 5.13 Å². The van der Waals surface area contributed by atoms with E-state index in [0.717, 1.165) is 62.0 Å². The topological polar surface area (TPSA) is 57.7 Å². The van der Waals surface area contributed by atoms with Crippen LogP contribution in [0.5, 0.6) is 5.75 Å². The van der Waals surface area contributed by atoms with Gasteiger partial charge in [-0.15, -0.1) is 0 Å². The first-order valence-corrected chi connectivity index (χ1v) is 12.7. The number of anilines is 1. The Morgan fingerprint density at radius 1 is 1.15 bits per heavy atom. The van der Waals surface area contributed by atoms with Gasteiger partial charge in [-0.1, -0.05) is 36.8 Å². The Balaban J connectivity index is 1.23.